The van der Waals surface area contributed by atoms with Gasteiger partial charge in [-0.1, -0.05) is 35.2 Å². The molecule has 0 spiro atoms. The van der Waals surface area contributed by atoms with Crippen molar-refractivity contribution >= 4 is 27.7 Å². The highest BCUT2D eigenvalue weighted by Gasteiger charge is 2.46. The molecule has 1 atom stereocenters. The zero-order chi connectivity index (χ0) is 13.4. The average Bonchev–Trinajstić information content (AvgIpc) is 2.54. The highest BCUT2D eigenvalue weighted by atomic mass is 79.9. The second-order valence-corrected chi connectivity index (χ2v) is 5.73. The Kier molecular flexibility index (Phi) is 6.90. The van der Waals surface area contributed by atoms with E-state index < -0.39 is 5.41 Å². The predicted octanol–water partition coefficient (Wildman–Crippen LogP) is 3.63. The predicted molar refractivity (Wildman–Crippen MR) is 74.8 cm³/mol. The summed E-state index contributed by atoms with van der Waals surface area (Å²) in [4.78, 5) is 24.6. The first-order valence-corrected chi connectivity index (χ1v) is 8.06. The molecule has 0 radical (unpaired) electrons. The fourth-order valence-corrected chi connectivity index (χ4v) is 3.04. The molecule has 0 saturated heterocycles. The molecule has 3 nitrogen and oxygen atoms in total. The van der Waals surface area contributed by atoms with Crippen LogP contribution < -0.4 is 0 Å². The molecule has 4 heteroatoms. The summed E-state index contributed by atoms with van der Waals surface area (Å²) in [6.07, 6.45) is 6.67. The molecule has 0 bridgehead atoms. The van der Waals surface area contributed by atoms with Gasteiger partial charge in [-0.3, -0.25) is 9.59 Å². The molecule has 1 fully saturated rings. The lowest BCUT2D eigenvalue weighted by molar-refractivity contribution is -0.161. The molecule has 1 saturated carbocycles. The van der Waals surface area contributed by atoms with Crippen LogP contribution in [0.3, 0.4) is 0 Å². The second kappa shape index (κ2) is 7.93. The summed E-state index contributed by atoms with van der Waals surface area (Å²) in [5.41, 5.74) is -0.839. The Morgan fingerprint density at radius 1 is 1.33 bits per heavy atom. The van der Waals surface area contributed by atoms with E-state index in [1.54, 1.807) is 6.92 Å². The molecule has 0 aromatic heterocycles. The van der Waals surface area contributed by atoms with Gasteiger partial charge in [-0.15, -0.1) is 0 Å². The molecule has 0 aliphatic heterocycles. The van der Waals surface area contributed by atoms with E-state index in [1.807, 2.05) is 0 Å². The van der Waals surface area contributed by atoms with Crippen molar-refractivity contribution in [1.29, 1.82) is 0 Å². The van der Waals surface area contributed by atoms with Crippen molar-refractivity contribution in [3.63, 3.8) is 0 Å². The normalized spacial score (nSPS) is 24.7. The van der Waals surface area contributed by atoms with Crippen molar-refractivity contribution in [3.05, 3.63) is 0 Å². The summed E-state index contributed by atoms with van der Waals surface area (Å²) in [6.45, 7) is 2.15. The molecular weight excluding hydrogens is 296 g/mol. The Morgan fingerprint density at radius 3 is 2.78 bits per heavy atom. The van der Waals surface area contributed by atoms with Crippen LogP contribution >= 0.6 is 15.9 Å². The van der Waals surface area contributed by atoms with Gasteiger partial charge in [0.2, 0.25) is 0 Å². The summed E-state index contributed by atoms with van der Waals surface area (Å²) in [6, 6.07) is 0. The second-order valence-electron chi connectivity index (χ2n) is 4.93. The fourth-order valence-electron chi connectivity index (χ4n) is 2.64. The van der Waals surface area contributed by atoms with Crippen LogP contribution in [0, 0.1) is 5.41 Å². The molecule has 1 aliphatic carbocycles. The zero-order valence-corrected chi connectivity index (χ0v) is 12.8. The maximum absolute atomic E-state index is 12.3. The minimum Gasteiger partial charge on any atom is -0.465 e. The Labute approximate surface area is 118 Å². The van der Waals surface area contributed by atoms with E-state index in [0.29, 0.717) is 25.9 Å². The first-order chi connectivity index (χ1) is 8.67. The van der Waals surface area contributed by atoms with Gasteiger partial charge in [0.15, 0.2) is 0 Å². The van der Waals surface area contributed by atoms with E-state index in [9.17, 15) is 9.59 Å². The number of ketones is 1. The minimum absolute atomic E-state index is 0.105. The zero-order valence-electron chi connectivity index (χ0n) is 11.2. The molecule has 1 aliphatic rings. The van der Waals surface area contributed by atoms with Crippen molar-refractivity contribution < 1.29 is 14.3 Å². The quantitative estimate of drug-likeness (QED) is 0.247. The van der Waals surface area contributed by atoms with E-state index in [0.717, 1.165) is 37.4 Å². The van der Waals surface area contributed by atoms with Crippen LogP contribution in [0.1, 0.15) is 58.3 Å². The van der Waals surface area contributed by atoms with Crippen LogP contribution in [-0.4, -0.2) is 23.7 Å². The number of halogens is 1. The third-order valence-corrected chi connectivity index (χ3v) is 4.26. The van der Waals surface area contributed by atoms with Gasteiger partial charge in [-0.25, -0.2) is 0 Å². The monoisotopic (exact) mass is 318 g/mol. The number of hydrogen-bond acceptors (Lipinski definition) is 3. The summed E-state index contributed by atoms with van der Waals surface area (Å²) in [5.74, 6) is -0.181. The van der Waals surface area contributed by atoms with Crippen LogP contribution in [0.15, 0.2) is 0 Å². The Balaban J connectivity index is 2.82. The molecule has 1 rings (SSSR count). The Bertz CT molecular complexity index is 291. The van der Waals surface area contributed by atoms with Gasteiger partial charge < -0.3 is 4.74 Å². The van der Waals surface area contributed by atoms with E-state index in [1.165, 1.54) is 0 Å². The van der Waals surface area contributed by atoms with Gasteiger partial charge in [0.1, 0.15) is 11.2 Å². The molecule has 0 aromatic rings. The Morgan fingerprint density at radius 2 is 2.11 bits per heavy atom. The first kappa shape index (κ1) is 15.7. The van der Waals surface area contributed by atoms with Crippen LogP contribution in [0.4, 0.5) is 0 Å². The number of rotatable bonds is 6. The fraction of sp³-hybridized carbons (Fsp3) is 0.857. The molecule has 1 unspecified atom stereocenters. The Hall–Kier alpha value is -0.380. The van der Waals surface area contributed by atoms with Crippen molar-refractivity contribution in [2.45, 2.75) is 58.3 Å². The molecular formula is C14H23BrO3. The highest BCUT2D eigenvalue weighted by molar-refractivity contribution is 9.09. The molecule has 104 valence electrons. The molecule has 0 N–H and O–H groups in total. The lowest BCUT2D eigenvalue weighted by Crippen LogP contribution is -2.40. The third-order valence-electron chi connectivity index (χ3n) is 3.69. The van der Waals surface area contributed by atoms with Crippen LogP contribution in [-0.2, 0) is 14.3 Å². The van der Waals surface area contributed by atoms with E-state index in [4.69, 9.17) is 4.74 Å². The molecule has 0 amide bonds. The van der Waals surface area contributed by atoms with Crippen LogP contribution in [0.25, 0.3) is 0 Å². The van der Waals surface area contributed by atoms with Gasteiger partial charge in [0, 0.05) is 11.8 Å². The van der Waals surface area contributed by atoms with E-state index in [2.05, 4.69) is 15.9 Å². The summed E-state index contributed by atoms with van der Waals surface area (Å²) in [7, 11) is 0. The summed E-state index contributed by atoms with van der Waals surface area (Å²) < 4.78 is 5.17. The number of alkyl halides is 1. The third kappa shape index (κ3) is 3.81. The smallest absolute Gasteiger partial charge is 0.319 e. The van der Waals surface area contributed by atoms with Crippen molar-refractivity contribution in [3.8, 4) is 0 Å². The van der Waals surface area contributed by atoms with E-state index >= 15 is 0 Å². The van der Waals surface area contributed by atoms with Crippen molar-refractivity contribution in [1.82, 2.24) is 0 Å². The van der Waals surface area contributed by atoms with E-state index in [-0.39, 0.29) is 11.8 Å². The number of carbonyl (C=O) groups excluding carboxylic acids is 2. The minimum atomic E-state index is -0.839. The number of Topliss-reactive ketones (excluding diaryl/α,β-unsaturated/α-hetero) is 1. The maximum atomic E-state index is 12.3. The van der Waals surface area contributed by atoms with Gasteiger partial charge in [0.25, 0.3) is 0 Å². The molecule has 0 heterocycles. The van der Waals surface area contributed by atoms with Gasteiger partial charge in [0.05, 0.1) is 6.61 Å². The van der Waals surface area contributed by atoms with Crippen LogP contribution in [0.5, 0.6) is 0 Å². The van der Waals surface area contributed by atoms with Gasteiger partial charge >= 0.3 is 5.97 Å². The summed E-state index contributed by atoms with van der Waals surface area (Å²) in [5, 5.41) is 0.917. The number of carbonyl (C=O) groups is 2. The number of unbranched alkanes of at least 4 members (excludes halogenated alkanes) is 1. The van der Waals surface area contributed by atoms with Crippen molar-refractivity contribution in [2.24, 2.45) is 5.41 Å². The molecule has 18 heavy (non-hydrogen) atoms. The number of hydrogen-bond donors (Lipinski definition) is 0. The maximum Gasteiger partial charge on any atom is 0.319 e. The largest absolute Gasteiger partial charge is 0.465 e. The lowest BCUT2D eigenvalue weighted by Gasteiger charge is -2.28. The average molecular weight is 319 g/mol. The van der Waals surface area contributed by atoms with Crippen molar-refractivity contribution in [2.75, 3.05) is 11.9 Å². The van der Waals surface area contributed by atoms with Gasteiger partial charge in [-0.05, 0) is 32.6 Å². The van der Waals surface area contributed by atoms with Gasteiger partial charge in [-0.2, -0.15) is 0 Å². The molecule has 0 aromatic carbocycles. The number of ether oxygens (including phenoxy) is 1. The first-order valence-electron chi connectivity index (χ1n) is 6.94. The standard InChI is InChI=1S/C14H23BrO3/c1-2-18-13(17)14(10-6-7-11-15)9-5-3-4-8-12(14)16/h2-11H2,1H3. The summed E-state index contributed by atoms with van der Waals surface area (Å²) >= 11 is 3.39. The SMILES string of the molecule is CCOC(=O)C1(CCCCBr)CCCCCC1=O. The topological polar surface area (TPSA) is 43.4 Å². The van der Waals surface area contributed by atoms with Crippen LogP contribution in [0.2, 0.25) is 0 Å². The lowest BCUT2D eigenvalue weighted by atomic mass is 9.75. The highest BCUT2D eigenvalue weighted by Crippen LogP contribution is 2.38. The number of esters is 1.